The van der Waals surface area contributed by atoms with Crippen LogP contribution in [0.4, 0.5) is 0 Å². The minimum Gasteiger partial charge on any atom is -0.457 e. The van der Waals surface area contributed by atoms with Crippen LogP contribution in [0.3, 0.4) is 0 Å². The highest BCUT2D eigenvalue weighted by Crippen LogP contribution is 2.31. The molecule has 2 atom stereocenters. The Balaban J connectivity index is 1.04. The first-order valence-corrected chi connectivity index (χ1v) is 14.9. The zero-order valence-corrected chi connectivity index (χ0v) is 24.5. The molecule has 44 heavy (non-hydrogen) atoms. The van der Waals surface area contributed by atoms with E-state index in [1.165, 1.54) is 0 Å². The molecule has 222 valence electrons. The fourth-order valence-corrected chi connectivity index (χ4v) is 5.54. The number of benzene rings is 4. The first-order chi connectivity index (χ1) is 21.7. The summed E-state index contributed by atoms with van der Waals surface area (Å²) in [5, 5.41) is 19.5. The third kappa shape index (κ3) is 7.08. The van der Waals surface area contributed by atoms with Crippen LogP contribution in [0.2, 0.25) is 0 Å². The van der Waals surface area contributed by atoms with Gasteiger partial charge in [-0.25, -0.2) is 0 Å². The smallest absolute Gasteiger partial charge is 0.127 e. The molecule has 8 heteroatoms. The van der Waals surface area contributed by atoms with Crippen molar-refractivity contribution < 1.29 is 18.9 Å². The van der Waals surface area contributed by atoms with Crippen molar-refractivity contribution in [3.05, 3.63) is 108 Å². The van der Waals surface area contributed by atoms with E-state index >= 15 is 0 Å². The van der Waals surface area contributed by atoms with Crippen molar-refractivity contribution in [2.45, 2.75) is 12.1 Å². The van der Waals surface area contributed by atoms with Gasteiger partial charge in [-0.1, -0.05) is 48.5 Å². The molecule has 2 aliphatic rings. The zero-order chi connectivity index (χ0) is 30.1. The number of nitriles is 2. The van der Waals surface area contributed by atoms with Gasteiger partial charge in [-0.05, 0) is 70.8 Å². The Labute approximate surface area is 258 Å². The molecule has 6 rings (SSSR count). The topological polar surface area (TPSA) is 91.0 Å². The molecule has 0 saturated carbocycles. The first kappa shape index (κ1) is 29.4. The maximum Gasteiger partial charge on any atom is 0.127 e. The summed E-state index contributed by atoms with van der Waals surface area (Å²) in [4.78, 5) is 4.29. The molecule has 0 aromatic heterocycles. The Morgan fingerprint density at radius 3 is 1.07 bits per heavy atom. The van der Waals surface area contributed by atoms with Crippen LogP contribution in [0.15, 0.2) is 97.1 Å². The molecular weight excluding hydrogens is 552 g/mol. The molecule has 2 aliphatic heterocycles. The van der Waals surface area contributed by atoms with Gasteiger partial charge in [0.1, 0.15) is 35.1 Å². The van der Waals surface area contributed by atoms with E-state index in [-0.39, 0.29) is 12.1 Å². The summed E-state index contributed by atoms with van der Waals surface area (Å²) in [5.41, 5.74) is 4.05. The van der Waals surface area contributed by atoms with E-state index in [0.29, 0.717) is 26.4 Å². The van der Waals surface area contributed by atoms with Crippen molar-refractivity contribution in [2.75, 3.05) is 52.6 Å². The number of hydrogen-bond donors (Lipinski definition) is 0. The molecule has 0 aliphatic carbocycles. The molecule has 4 aromatic carbocycles. The molecule has 0 bridgehead atoms. The molecule has 0 spiro atoms. The number of nitrogens with zero attached hydrogens (tertiary/aromatic N) is 4. The van der Waals surface area contributed by atoms with Crippen LogP contribution in [0.1, 0.15) is 23.2 Å². The van der Waals surface area contributed by atoms with Gasteiger partial charge in [0.2, 0.25) is 0 Å². The predicted octanol–water partition coefficient (Wildman–Crippen LogP) is 6.73. The quantitative estimate of drug-likeness (QED) is 0.213. The second-order valence-corrected chi connectivity index (χ2v) is 10.8. The van der Waals surface area contributed by atoms with Gasteiger partial charge in [0.05, 0.1) is 38.6 Å². The average Bonchev–Trinajstić information content (AvgIpc) is 3.09. The van der Waals surface area contributed by atoms with E-state index in [1.54, 1.807) is 0 Å². The highest BCUT2D eigenvalue weighted by molar-refractivity contribution is 5.65. The van der Waals surface area contributed by atoms with Crippen LogP contribution >= 0.6 is 0 Å². The van der Waals surface area contributed by atoms with Crippen molar-refractivity contribution in [1.82, 2.24) is 9.80 Å². The zero-order valence-electron chi connectivity index (χ0n) is 24.5. The maximum atomic E-state index is 9.73. The van der Waals surface area contributed by atoms with Crippen molar-refractivity contribution in [3.8, 4) is 46.3 Å². The fourth-order valence-electron chi connectivity index (χ4n) is 5.54. The minimum absolute atomic E-state index is 0.285. The fraction of sp³-hybridized carbons (Fsp3) is 0.278. The second kappa shape index (κ2) is 14.2. The Kier molecular flexibility index (Phi) is 9.47. The van der Waals surface area contributed by atoms with Gasteiger partial charge in [0, 0.05) is 26.2 Å². The van der Waals surface area contributed by atoms with Crippen LogP contribution < -0.4 is 9.47 Å². The summed E-state index contributed by atoms with van der Waals surface area (Å²) < 4.78 is 23.0. The number of hydrogen-bond acceptors (Lipinski definition) is 8. The third-order valence-electron chi connectivity index (χ3n) is 7.97. The average molecular weight is 587 g/mol. The molecule has 0 radical (unpaired) electrons. The Morgan fingerprint density at radius 1 is 0.477 bits per heavy atom. The maximum absolute atomic E-state index is 9.73. The van der Waals surface area contributed by atoms with E-state index in [9.17, 15) is 10.5 Å². The van der Waals surface area contributed by atoms with Crippen LogP contribution in [-0.2, 0) is 9.47 Å². The summed E-state index contributed by atoms with van der Waals surface area (Å²) >= 11 is 0. The second-order valence-electron chi connectivity index (χ2n) is 10.8. The predicted molar refractivity (Wildman–Crippen MR) is 166 cm³/mol. The summed E-state index contributed by atoms with van der Waals surface area (Å²) in [6.45, 7) is 5.65. The Hall–Kier alpha value is -4.70. The summed E-state index contributed by atoms with van der Waals surface area (Å²) in [7, 11) is 0. The lowest BCUT2D eigenvalue weighted by Gasteiger charge is -2.30. The van der Waals surface area contributed by atoms with Gasteiger partial charge in [0.25, 0.3) is 0 Å². The van der Waals surface area contributed by atoms with E-state index in [1.807, 2.05) is 97.1 Å². The van der Waals surface area contributed by atoms with E-state index in [4.69, 9.17) is 18.9 Å². The van der Waals surface area contributed by atoms with Crippen LogP contribution in [0, 0.1) is 22.7 Å². The molecule has 2 heterocycles. The highest BCUT2D eigenvalue weighted by atomic mass is 16.5. The lowest BCUT2D eigenvalue weighted by Crippen LogP contribution is -2.38. The van der Waals surface area contributed by atoms with Crippen LogP contribution in [-0.4, -0.2) is 62.4 Å². The van der Waals surface area contributed by atoms with Crippen LogP contribution in [0.25, 0.3) is 11.1 Å². The first-order valence-electron chi connectivity index (χ1n) is 14.9. The number of rotatable bonds is 9. The summed E-state index contributed by atoms with van der Waals surface area (Å²) in [5.74, 6) is 2.92. The minimum atomic E-state index is -0.285. The van der Waals surface area contributed by atoms with Crippen LogP contribution in [0.5, 0.6) is 23.0 Å². The standard InChI is InChI=1S/C36H34N4O4/c37-25-35(39-17-21-41-22-18-39)29-5-13-33(14-6-29)43-31-9-1-27(2-10-31)28-3-11-32(12-4-28)44-34-15-7-30(8-16-34)36(26-38)40-19-23-42-24-20-40/h1-16,35-36H,17-24H2. The number of morpholine rings is 2. The van der Waals surface area contributed by atoms with Crippen molar-refractivity contribution >= 4 is 0 Å². The van der Waals surface area contributed by atoms with Gasteiger partial charge >= 0.3 is 0 Å². The Morgan fingerprint density at radius 2 is 0.773 bits per heavy atom. The summed E-state index contributed by atoms with van der Waals surface area (Å²) in [6.07, 6.45) is 0. The molecule has 0 N–H and O–H groups in total. The monoisotopic (exact) mass is 586 g/mol. The lowest BCUT2D eigenvalue weighted by molar-refractivity contribution is 0.0266. The molecule has 0 amide bonds. The normalized spacial score (nSPS) is 17.1. The van der Waals surface area contributed by atoms with Crippen molar-refractivity contribution in [2.24, 2.45) is 0 Å². The Bertz CT molecular complexity index is 1460. The SMILES string of the molecule is N#CC(c1ccc(Oc2ccc(-c3ccc(Oc4ccc(C(C#N)N5CCOCC5)cc4)cc3)cc2)cc1)N1CCOCC1. The van der Waals surface area contributed by atoms with Gasteiger partial charge in [-0.2, -0.15) is 10.5 Å². The molecule has 4 aromatic rings. The van der Waals surface area contributed by atoms with Gasteiger partial charge in [0.15, 0.2) is 0 Å². The molecule has 2 unspecified atom stereocenters. The largest absolute Gasteiger partial charge is 0.457 e. The van der Waals surface area contributed by atoms with Gasteiger partial charge in [-0.15, -0.1) is 0 Å². The molecule has 2 fully saturated rings. The van der Waals surface area contributed by atoms with Crippen molar-refractivity contribution in [3.63, 3.8) is 0 Å². The molecule has 8 nitrogen and oxygen atoms in total. The van der Waals surface area contributed by atoms with E-state index < -0.39 is 0 Å². The van der Waals surface area contributed by atoms with Gasteiger partial charge < -0.3 is 18.9 Å². The third-order valence-corrected chi connectivity index (χ3v) is 7.97. The highest BCUT2D eigenvalue weighted by Gasteiger charge is 2.23. The molecular formula is C36H34N4O4. The van der Waals surface area contributed by atoms with Gasteiger partial charge in [-0.3, -0.25) is 9.80 Å². The van der Waals surface area contributed by atoms with E-state index in [2.05, 4.69) is 21.9 Å². The lowest BCUT2D eigenvalue weighted by atomic mass is 10.1. The molecule has 2 saturated heterocycles. The van der Waals surface area contributed by atoms with Crippen molar-refractivity contribution in [1.29, 1.82) is 10.5 Å². The van der Waals surface area contributed by atoms with E-state index in [0.717, 1.165) is 71.4 Å². The number of ether oxygens (including phenoxy) is 4. The summed E-state index contributed by atoms with van der Waals surface area (Å²) in [6, 6.07) is 35.7.